The van der Waals surface area contributed by atoms with E-state index in [1.165, 1.54) is 17.0 Å². The van der Waals surface area contributed by atoms with Gasteiger partial charge >= 0.3 is 6.18 Å². The third kappa shape index (κ3) is 4.59. The summed E-state index contributed by atoms with van der Waals surface area (Å²) in [6.07, 6.45) is -4.52. The van der Waals surface area contributed by atoms with Crippen LogP contribution in [0.25, 0.3) is 11.3 Å². The highest BCUT2D eigenvalue weighted by Gasteiger charge is 2.37. The Morgan fingerprint density at radius 1 is 1.12 bits per heavy atom. The maximum Gasteiger partial charge on any atom is 0.408 e. The zero-order valence-corrected chi connectivity index (χ0v) is 14.5. The zero-order chi connectivity index (χ0) is 19.5. The minimum Gasteiger partial charge on any atom is -0.343 e. The summed E-state index contributed by atoms with van der Waals surface area (Å²) < 4.78 is 37.8. The van der Waals surface area contributed by atoms with Gasteiger partial charge in [0.1, 0.15) is 11.7 Å². The van der Waals surface area contributed by atoms with E-state index in [9.17, 15) is 22.8 Å². The maximum atomic E-state index is 12.6. The number of pyridine rings is 1. The highest BCUT2D eigenvalue weighted by molar-refractivity contribution is 5.96. The molecule has 0 radical (unpaired) electrons. The van der Waals surface area contributed by atoms with Gasteiger partial charge in [0.2, 0.25) is 0 Å². The predicted molar refractivity (Wildman–Crippen MR) is 90.7 cm³/mol. The molecule has 1 atom stereocenters. The number of halogens is 3. The monoisotopic (exact) mass is 365 g/mol. The van der Waals surface area contributed by atoms with Crippen molar-refractivity contribution in [1.29, 1.82) is 0 Å². The molecular formula is C18H18F3N3O2. The number of nitrogens with one attached hydrogen (secondary N) is 1. The lowest BCUT2D eigenvalue weighted by Crippen LogP contribution is -2.43. The second kappa shape index (κ2) is 7.55. The van der Waals surface area contributed by atoms with Crippen LogP contribution in [0.5, 0.6) is 0 Å². The highest BCUT2D eigenvalue weighted by atomic mass is 19.4. The normalized spacial score (nSPS) is 12.4. The van der Waals surface area contributed by atoms with E-state index in [1.807, 2.05) is 5.32 Å². The van der Waals surface area contributed by atoms with Gasteiger partial charge in [0.15, 0.2) is 0 Å². The lowest BCUT2D eigenvalue weighted by atomic mass is 10.1. The molecule has 8 heteroatoms. The number of aromatic nitrogens is 1. The molecule has 0 aliphatic carbocycles. The van der Waals surface area contributed by atoms with Crippen LogP contribution in [-0.2, 0) is 0 Å². The summed E-state index contributed by atoms with van der Waals surface area (Å²) in [6.45, 7) is 0.875. The van der Waals surface area contributed by atoms with E-state index >= 15 is 0 Å². The lowest BCUT2D eigenvalue weighted by molar-refractivity contribution is -0.149. The minimum absolute atomic E-state index is 0.0738. The number of nitrogens with zero attached hydrogens (tertiary/aromatic N) is 2. The van der Waals surface area contributed by atoms with E-state index < -0.39 is 18.1 Å². The summed E-state index contributed by atoms with van der Waals surface area (Å²) in [6, 6.07) is 8.97. The predicted octanol–water partition coefficient (Wildman–Crippen LogP) is 3.13. The summed E-state index contributed by atoms with van der Waals surface area (Å²) in [5, 5.41) is 1.91. The Morgan fingerprint density at radius 3 is 2.38 bits per heavy atom. The molecular weight excluding hydrogens is 347 g/mol. The van der Waals surface area contributed by atoms with Gasteiger partial charge in [-0.2, -0.15) is 13.2 Å². The number of carbonyl (C=O) groups excluding carboxylic acids is 2. The Bertz CT molecular complexity index is 819. The molecule has 0 bridgehead atoms. The fourth-order valence-corrected chi connectivity index (χ4v) is 2.13. The van der Waals surface area contributed by atoms with Gasteiger partial charge in [0, 0.05) is 25.2 Å². The summed E-state index contributed by atoms with van der Waals surface area (Å²) in [5.74, 6) is -1.11. The van der Waals surface area contributed by atoms with Crippen LogP contribution < -0.4 is 5.32 Å². The summed E-state index contributed by atoms with van der Waals surface area (Å²) >= 11 is 0. The maximum absolute atomic E-state index is 12.6. The molecule has 0 fully saturated rings. The molecule has 1 N–H and O–H groups in total. The molecule has 1 aromatic carbocycles. The Balaban J connectivity index is 2.28. The second-order valence-corrected chi connectivity index (χ2v) is 5.93. The molecule has 2 rings (SSSR count). The van der Waals surface area contributed by atoms with E-state index in [0.717, 1.165) is 6.92 Å². The van der Waals surface area contributed by atoms with E-state index in [-0.39, 0.29) is 17.2 Å². The van der Waals surface area contributed by atoms with Gasteiger partial charge < -0.3 is 10.2 Å². The number of hydrogen-bond acceptors (Lipinski definition) is 3. The topological polar surface area (TPSA) is 62.3 Å². The quantitative estimate of drug-likeness (QED) is 0.906. The van der Waals surface area contributed by atoms with Crippen molar-refractivity contribution in [3.05, 3.63) is 53.7 Å². The molecule has 0 saturated carbocycles. The summed E-state index contributed by atoms with van der Waals surface area (Å²) in [7, 11) is 3.20. The third-order valence-corrected chi connectivity index (χ3v) is 3.63. The zero-order valence-electron chi connectivity index (χ0n) is 14.5. The number of alkyl halides is 3. The van der Waals surface area contributed by atoms with Gasteiger partial charge in [-0.05, 0) is 31.2 Å². The van der Waals surface area contributed by atoms with E-state index in [1.54, 1.807) is 44.4 Å². The van der Waals surface area contributed by atoms with Crippen LogP contribution in [0.4, 0.5) is 13.2 Å². The first-order valence-corrected chi connectivity index (χ1v) is 7.76. The Kier molecular flexibility index (Phi) is 5.64. The fraction of sp³-hybridized carbons (Fsp3) is 0.278. The van der Waals surface area contributed by atoms with E-state index in [4.69, 9.17) is 0 Å². The van der Waals surface area contributed by atoms with Crippen molar-refractivity contribution >= 4 is 11.8 Å². The lowest BCUT2D eigenvalue weighted by Gasteiger charge is -2.17. The molecule has 26 heavy (non-hydrogen) atoms. The Morgan fingerprint density at radius 2 is 1.77 bits per heavy atom. The van der Waals surface area contributed by atoms with Crippen molar-refractivity contribution in [2.75, 3.05) is 14.1 Å². The van der Waals surface area contributed by atoms with Gasteiger partial charge in [0.05, 0.1) is 5.69 Å². The van der Waals surface area contributed by atoms with Crippen LogP contribution in [0, 0.1) is 0 Å². The molecule has 5 nitrogen and oxygen atoms in total. The summed E-state index contributed by atoms with van der Waals surface area (Å²) in [5.41, 5.74) is 1.26. The summed E-state index contributed by atoms with van der Waals surface area (Å²) in [4.78, 5) is 29.7. The number of rotatable bonds is 4. The Labute approximate surface area is 148 Å². The van der Waals surface area contributed by atoms with Crippen LogP contribution in [0.2, 0.25) is 0 Å². The molecule has 2 aromatic rings. The van der Waals surface area contributed by atoms with Crippen LogP contribution in [-0.4, -0.2) is 48.0 Å². The fourth-order valence-electron chi connectivity index (χ4n) is 2.13. The molecule has 0 aliphatic heterocycles. The van der Waals surface area contributed by atoms with Gasteiger partial charge in [-0.15, -0.1) is 0 Å². The van der Waals surface area contributed by atoms with Crippen molar-refractivity contribution in [2.24, 2.45) is 0 Å². The molecule has 0 spiro atoms. The van der Waals surface area contributed by atoms with Crippen molar-refractivity contribution in [2.45, 2.75) is 19.1 Å². The average molecular weight is 365 g/mol. The van der Waals surface area contributed by atoms with E-state index in [2.05, 4.69) is 4.98 Å². The number of hydrogen-bond donors (Lipinski definition) is 1. The number of amides is 2. The standard InChI is InChI=1S/C18H18F3N3O2/c1-11(18(19,20)21)22-16(25)13-7-4-6-12(10-13)14-8-5-9-15(23-14)17(26)24(2)3/h4-11H,1-3H3,(H,22,25)/t11-/m0/s1. The van der Waals surface area contributed by atoms with Crippen molar-refractivity contribution < 1.29 is 22.8 Å². The third-order valence-electron chi connectivity index (χ3n) is 3.63. The minimum atomic E-state index is -4.52. The van der Waals surface area contributed by atoms with Crippen LogP contribution in [0.1, 0.15) is 27.8 Å². The van der Waals surface area contributed by atoms with Gasteiger partial charge in [-0.1, -0.05) is 18.2 Å². The van der Waals surface area contributed by atoms with Gasteiger partial charge in [0.25, 0.3) is 11.8 Å². The number of benzene rings is 1. The first kappa shape index (κ1) is 19.4. The molecule has 0 saturated heterocycles. The highest BCUT2D eigenvalue weighted by Crippen LogP contribution is 2.22. The molecule has 0 unspecified atom stereocenters. The van der Waals surface area contributed by atoms with Crippen molar-refractivity contribution in [1.82, 2.24) is 15.2 Å². The average Bonchev–Trinajstić information content (AvgIpc) is 2.60. The van der Waals surface area contributed by atoms with Crippen molar-refractivity contribution in [3.63, 3.8) is 0 Å². The molecule has 2 amide bonds. The van der Waals surface area contributed by atoms with Crippen LogP contribution in [0.15, 0.2) is 42.5 Å². The smallest absolute Gasteiger partial charge is 0.343 e. The largest absolute Gasteiger partial charge is 0.408 e. The van der Waals surface area contributed by atoms with Crippen molar-refractivity contribution in [3.8, 4) is 11.3 Å². The second-order valence-electron chi connectivity index (χ2n) is 5.93. The molecule has 1 heterocycles. The van der Waals surface area contributed by atoms with Crippen LogP contribution >= 0.6 is 0 Å². The van der Waals surface area contributed by atoms with E-state index in [0.29, 0.717) is 11.3 Å². The van der Waals surface area contributed by atoms with Crippen LogP contribution in [0.3, 0.4) is 0 Å². The Hall–Kier alpha value is -2.90. The first-order chi connectivity index (χ1) is 12.1. The molecule has 138 valence electrons. The number of carbonyl (C=O) groups is 2. The van der Waals surface area contributed by atoms with Gasteiger partial charge in [-0.3, -0.25) is 9.59 Å². The van der Waals surface area contributed by atoms with Gasteiger partial charge in [-0.25, -0.2) is 4.98 Å². The molecule has 1 aromatic heterocycles. The first-order valence-electron chi connectivity index (χ1n) is 7.76. The molecule has 0 aliphatic rings. The SMILES string of the molecule is C[C@H](NC(=O)c1cccc(-c2cccc(C(=O)N(C)C)n2)c1)C(F)(F)F.